The average molecular weight is 973 g/mol. The van der Waals surface area contributed by atoms with Crippen molar-refractivity contribution >= 4 is 114 Å². The van der Waals surface area contributed by atoms with Crippen molar-refractivity contribution in [3.05, 3.63) is 131 Å². The quantitative estimate of drug-likeness (QED) is 0.112. The molecule has 0 saturated heterocycles. The van der Waals surface area contributed by atoms with Crippen molar-refractivity contribution in [3.63, 3.8) is 0 Å². The fourth-order valence-electron chi connectivity index (χ4n) is 7.45. The molecule has 4 N–H and O–H groups in total. The van der Waals surface area contributed by atoms with Crippen molar-refractivity contribution < 1.29 is 66.3 Å². The molecule has 0 saturated carbocycles. The van der Waals surface area contributed by atoms with Crippen LogP contribution < -0.4 is 21.5 Å². The number of carbonyl (C=O) groups is 3. The molecule has 2 aliphatic rings. The van der Waals surface area contributed by atoms with Crippen LogP contribution in [-0.4, -0.2) is 91.4 Å². The Kier molecular flexibility index (Phi) is 11.6. The van der Waals surface area contributed by atoms with Gasteiger partial charge in [0.15, 0.2) is 0 Å². The number of amides is 2. The Hall–Kier alpha value is -6.97. The Balaban J connectivity index is 0.966. The first kappa shape index (κ1) is 45.6. The number of anilines is 4. The zero-order valence-electron chi connectivity index (χ0n) is 33.1. The van der Waals surface area contributed by atoms with Gasteiger partial charge in [-0.05, 0) is 130 Å². The van der Waals surface area contributed by atoms with E-state index < -0.39 is 103 Å². The molecule has 0 fully saturated rings. The Morgan fingerprint density at radius 1 is 0.470 bits per heavy atom. The number of hydrogen-bond acceptors (Lipinski definition) is 19. The number of benzene rings is 6. The summed E-state index contributed by atoms with van der Waals surface area (Å²) in [4.78, 5) is 39.4. The molecule has 6 aromatic rings. The van der Waals surface area contributed by atoms with E-state index in [4.69, 9.17) is 0 Å². The maximum absolute atomic E-state index is 13.6. The van der Waals surface area contributed by atoms with Gasteiger partial charge in [-0.25, -0.2) is 38.5 Å². The second-order valence-electron chi connectivity index (χ2n) is 14.9. The molecule has 0 radical (unpaired) electrons. The molecule has 0 bridgehead atoms. The fraction of sp³-hybridized carbons (Fsp3) is 0.0976. The molecular weight excluding hydrogens is 945 g/mol. The molecule has 2 unspecified atom stereocenters. The number of nitrogens with one attached hydrogen (secondary N) is 4. The summed E-state index contributed by atoms with van der Waals surface area (Å²) in [7, 11) is -19.8. The van der Waals surface area contributed by atoms with E-state index in [-0.39, 0.29) is 45.0 Å². The predicted octanol–water partition coefficient (Wildman–Crippen LogP) is 3.69. The molecule has 2 amide bonds. The topological polar surface area (TPSA) is 353 Å². The van der Waals surface area contributed by atoms with Crippen molar-refractivity contribution in [2.75, 3.05) is 21.5 Å². The van der Waals surface area contributed by atoms with Crippen molar-refractivity contribution in [2.45, 2.75) is 33.1 Å². The summed E-state index contributed by atoms with van der Waals surface area (Å²) in [6.45, 7) is 0. The molecule has 2 aliphatic carbocycles. The van der Waals surface area contributed by atoms with E-state index in [1.807, 2.05) is 0 Å². The first-order valence-corrected chi connectivity index (χ1v) is 24.7. The van der Waals surface area contributed by atoms with Crippen LogP contribution >= 0.6 is 0 Å². The van der Waals surface area contributed by atoms with Gasteiger partial charge in [0.1, 0.15) is 62.4 Å². The Labute approximate surface area is 374 Å². The normalized spacial score (nSPS) is 17.9. The van der Waals surface area contributed by atoms with E-state index in [1.165, 1.54) is 97.1 Å². The van der Waals surface area contributed by atoms with Crippen molar-refractivity contribution in [1.82, 2.24) is 0 Å². The van der Waals surface area contributed by atoms with E-state index in [0.29, 0.717) is 21.5 Å². The number of fused-ring (bicyclic) bond motifs is 4. The number of nitrogens with zero attached hydrogens (tertiary/aromatic N) is 2. The highest BCUT2D eigenvalue weighted by molar-refractivity contribution is 7.87. The third-order valence-electron chi connectivity index (χ3n) is 10.6. The standard InChI is InChI=1S/C41H32N6O15S4/c48-39-33-11-7-27(15-25(33)19-35(65(57,58)59)37(39)46-44-29-5-1-23-17-31(63(51,52)53)9-3-21(23)13-29)42-41(50)43-28-8-12-34-26(16-28)20-36(66(60,61)62)38(40(34)49)47-45-30-6-2-24-18-32(64(54,55)56)10-4-22(24)14-30/h1-18,35-36,44-45H,19-20H2,(H2,42,43,50)(H,51,52,53)(H,54,55,56)(H,57,58,59)(H,60,61,62)/p-4/b46-37+,47-38+. The van der Waals surface area contributed by atoms with E-state index in [0.717, 1.165) is 12.1 Å². The lowest BCUT2D eigenvalue weighted by Gasteiger charge is -2.28. The number of urea groups is 1. The van der Waals surface area contributed by atoms with E-state index in [2.05, 4.69) is 31.7 Å². The smallest absolute Gasteiger partial charge is 0.323 e. The van der Waals surface area contributed by atoms with Gasteiger partial charge in [-0.3, -0.25) is 20.4 Å². The second kappa shape index (κ2) is 16.8. The lowest BCUT2D eigenvalue weighted by Crippen LogP contribution is -2.42. The molecule has 340 valence electrons. The SMILES string of the molecule is O=C(Nc1ccc2c(c1)CC(S(=O)(=O)[O-])/C(=N\Nc1ccc3cc(S(=O)(=O)[O-])ccc3c1)C2=O)Nc1ccc2c(c1)CC(S(=O)(=O)[O-])/C(=N\Nc1ccc3cc(S(=O)(=O)[O-])ccc3c1)C2=O. The van der Waals surface area contributed by atoms with Gasteiger partial charge in [0.25, 0.3) is 0 Å². The molecule has 0 aromatic heterocycles. The number of carbonyl (C=O) groups excluding carboxylic acids is 3. The summed E-state index contributed by atoms with van der Waals surface area (Å²) in [6, 6.07) is 22.9. The number of rotatable bonds is 10. The van der Waals surface area contributed by atoms with Crippen LogP contribution in [0.4, 0.5) is 27.5 Å². The number of Topliss-reactive ketones (excluding diaryl/α,β-unsaturated/α-hetero) is 2. The van der Waals surface area contributed by atoms with Crippen LogP contribution in [0.25, 0.3) is 21.5 Å². The number of ketones is 2. The summed E-state index contributed by atoms with van der Waals surface area (Å²) < 4.78 is 143. The highest BCUT2D eigenvalue weighted by atomic mass is 32.2. The van der Waals surface area contributed by atoms with Crippen LogP contribution in [-0.2, 0) is 53.3 Å². The molecular formula is C41H28N6O15S4-4. The van der Waals surface area contributed by atoms with E-state index >= 15 is 0 Å². The van der Waals surface area contributed by atoms with E-state index in [1.54, 1.807) is 0 Å². The van der Waals surface area contributed by atoms with Crippen molar-refractivity contribution in [1.29, 1.82) is 0 Å². The van der Waals surface area contributed by atoms with Crippen LogP contribution in [0.2, 0.25) is 0 Å². The largest absolute Gasteiger partial charge is 0.747 e. The lowest BCUT2D eigenvalue weighted by molar-refractivity contribution is 0.105. The minimum atomic E-state index is -5.19. The van der Waals surface area contributed by atoms with Gasteiger partial charge < -0.3 is 28.8 Å². The molecule has 6 aromatic carbocycles. The van der Waals surface area contributed by atoms with Gasteiger partial charge >= 0.3 is 6.03 Å². The zero-order valence-corrected chi connectivity index (χ0v) is 36.4. The molecule has 0 aliphatic heterocycles. The van der Waals surface area contributed by atoms with Crippen LogP contribution in [0.15, 0.2) is 129 Å². The van der Waals surface area contributed by atoms with Gasteiger partial charge in [-0.15, -0.1) is 0 Å². The monoisotopic (exact) mass is 972 g/mol. The molecule has 2 atom stereocenters. The molecule has 66 heavy (non-hydrogen) atoms. The molecule has 0 heterocycles. The summed E-state index contributed by atoms with van der Waals surface area (Å²) in [5.41, 5.74) is 4.63. The summed E-state index contributed by atoms with van der Waals surface area (Å²) in [6.07, 6.45) is -1.00. The minimum Gasteiger partial charge on any atom is -0.747 e. The maximum atomic E-state index is 13.6. The Bertz CT molecular complexity index is 3400. The van der Waals surface area contributed by atoms with Crippen LogP contribution in [0.5, 0.6) is 0 Å². The lowest BCUT2D eigenvalue weighted by atomic mass is 9.88. The van der Waals surface area contributed by atoms with Gasteiger partial charge in [0.05, 0.1) is 21.2 Å². The molecule has 8 rings (SSSR count). The zero-order chi connectivity index (χ0) is 47.5. The summed E-state index contributed by atoms with van der Waals surface area (Å²) in [5.74, 6) is -1.79. The molecule has 21 nitrogen and oxygen atoms in total. The summed E-state index contributed by atoms with van der Waals surface area (Å²) >= 11 is 0. The molecule has 0 spiro atoms. The van der Waals surface area contributed by atoms with Gasteiger partial charge in [-0.1, -0.05) is 24.3 Å². The minimum absolute atomic E-state index is 0.0151. The van der Waals surface area contributed by atoms with Crippen LogP contribution in [0, 0.1) is 0 Å². The van der Waals surface area contributed by atoms with Gasteiger partial charge in [0.2, 0.25) is 11.6 Å². The highest BCUT2D eigenvalue weighted by Crippen LogP contribution is 2.31. The second-order valence-corrected chi connectivity index (χ2v) is 20.8. The highest BCUT2D eigenvalue weighted by Gasteiger charge is 2.38. The van der Waals surface area contributed by atoms with Crippen LogP contribution in [0.1, 0.15) is 31.8 Å². The Morgan fingerprint density at radius 3 is 1.18 bits per heavy atom. The molecule has 25 heteroatoms. The van der Waals surface area contributed by atoms with Crippen molar-refractivity contribution in [2.24, 2.45) is 10.2 Å². The van der Waals surface area contributed by atoms with E-state index in [9.17, 15) is 66.3 Å². The Morgan fingerprint density at radius 2 is 0.818 bits per heavy atom. The van der Waals surface area contributed by atoms with Gasteiger partial charge in [0, 0.05) is 22.5 Å². The average Bonchev–Trinajstić information content (AvgIpc) is 3.23. The fourth-order valence-corrected chi connectivity index (χ4v) is 10.1. The van der Waals surface area contributed by atoms with Crippen molar-refractivity contribution in [3.8, 4) is 0 Å². The number of hydrogen-bond donors (Lipinski definition) is 4. The first-order valence-electron chi connectivity index (χ1n) is 18.9. The number of hydrazone groups is 2. The maximum Gasteiger partial charge on any atom is 0.323 e. The third-order valence-corrected chi connectivity index (χ3v) is 14.4. The summed E-state index contributed by atoms with van der Waals surface area (Å²) in [5, 5.41) is 10.8. The first-order chi connectivity index (χ1) is 30.9. The predicted molar refractivity (Wildman–Crippen MR) is 235 cm³/mol. The van der Waals surface area contributed by atoms with Gasteiger partial charge in [-0.2, -0.15) is 10.2 Å². The van der Waals surface area contributed by atoms with Crippen LogP contribution in [0.3, 0.4) is 0 Å². The third kappa shape index (κ3) is 9.53.